The van der Waals surface area contributed by atoms with Gasteiger partial charge in [-0.25, -0.2) is 4.98 Å². The van der Waals surface area contributed by atoms with Crippen LogP contribution in [0.2, 0.25) is 0 Å². The Balaban J connectivity index is 1.72. The molecular formula is C12H21N3S. The van der Waals surface area contributed by atoms with Gasteiger partial charge in [-0.15, -0.1) is 0 Å². The minimum atomic E-state index is 0.432. The lowest BCUT2D eigenvalue weighted by atomic mass is 10.0. The van der Waals surface area contributed by atoms with E-state index in [1.54, 1.807) is 0 Å². The summed E-state index contributed by atoms with van der Waals surface area (Å²) in [5.41, 5.74) is 0. The summed E-state index contributed by atoms with van der Waals surface area (Å²) in [5, 5.41) is 4.38. The quantitative estimate of drug-likeness (QED) is 0.852. The summed E-state index contributed by atoms with van der Waals surface area (Å²) in [5.74, 6) is 2.35. The Bertz CT molecular complexity index is 316. The minimum absolute atomic E-state index is 0.432. The van der Waals surface area contributed by atoms with Gasteiger partial charge in [0.15, 0.2) is 0 Å². The molecule has 0 saturated heterocycles. The van der Waals surface area contributed by atoms with Crippen molar-refractivity contribution in [3.63, 3.8) is 0 Å². The van der Waals surface area contributed by atoms with E-state index in [1.165, 1.54) is 43.6 Å². The molecule has 0 radical (unpaired) electrons. The fourth-order valence-electron chi connectivity index (χ4n) is 2.22. The molecule has 1 aromatic heterocycles. The number of anilines is 1. The summed E-state index contributed by atoms with van der Waals surface area (Å²) in [6.45, 7) is 5.31. The van der Waals surface area contributed by atoms with Crippen LogP contribution < -0.4 is 5.32 Å². The molecule has 0 amide bonds. The lowest BCUT2D eigenvalue weighted by Crippen LogP contribution is -2.06. The Morgan fingerprint density at radius 2 is 2.12 bits per heavy atom. The van der Waals surface area contributed by atoms with Gasteiger partial charge in [0.05, 0.1) is 0 Å². The number of aromatic nitrogens is 2. The standard InChI is InChI=1S/C12H21N3S/c1-9(2)11-14-12(16-15-11)13-8-7-10-5-3-4-6-10/h9-10H,3-8H2,1-2H3,(H,13,14,15). The van der Waals surface area contributed by atoms with E-state index in [9.17, 15) is 0 Å². The normalized spacial score (nSPS) is 17.2. The first-order valence-corrected chi connectivity index (χ1v) is 7.10. The fourth-order valence-corrected chi connectivity index (χ4v) is 2.96. The molecule has 1 aliphatic carbocycles. The van der Waals surface area contributed by atoms with Gasteiger partial charge < -0.3 is 5.32 Å². The van der Waals surface area contributed by atoms with Crippen LogP contribution >= 0.6 is 11.5 Å². The molecule has 0 unspecified atom stereocenters. The molecule has 0 aliphatic heterocycles. The third kappa shape index (κ3) is 3.17. The summed E-state index contributed by atoms with van der Waals surface area (Å²) in [6.07, 6.45) is 7.00. The van der Waals surface area contributed by atoms with Gasteiger partial charge in [0.1, 0.15) is 5.82 Å². The zero-order valence-corrected chi connectivity index (χ0v) is 11.0. The van der Waals surface area contributed by atoms with Crippen molar-refractivity contribution in [3.8, 4) is 0 Å². The maximum atomic E-state index is 4.47. The minimum Gasteiger partial charge on any atom is -0.360 e. The maximum Gasteiger partial charge on any atom is 0.202 e. The van der Waals surface area contributed by atoms with Gasteiger partial charge in [0, 0.05) is 24.0 Å². The molecule has 0 spiro atoms. The van der Waals surface area contributed by atoms with Crippen molar-refractivity contribution in [2.24, 2.45) is 5.92 Å². The SMILES string of the molecule is CC(C)c1nsc(NCCC2CCCC2)n1. The average Bonchev–Trinajstić information content (AvgIpc) is 2.87. The Kier molecular flexibility index (Phi) is 4.16. The van der Waals surface area contributed by atoms with Crippen LogP contribution in [0, 0.1) is 5.92 Å². The van der Waals surface area contributed by atoms with Crippen LogP contribution in [0.15, 0.2) is 0 Å². The van der Waals surface area contributed by atoms with Crippen LogP contribution in [0.5, 0.6) is 0 Å². The molecule has 1 saturated carbocycles. The molecule has 1 N–H and O–H groups in total. The van der Waals surface area contributed by atoms with E-state index in [-0.39, 0.29) is 0 Å². The van der Waals surface area contributed by atoms with Crippen molar-refractivity contribution >= 4 is 16.7 Å². The third-order valence-electron chi connectivity index (χ3n) is 3.26. The van der Waals surface area contributed by atoms with Crippen molar-refractivity contribution in [2.75, 3.05) is 11.9 Å². The van der Waals surface area contributed by atoms with Gasteiger partial charge in [-0.3, -0.25) is 0 Å². The topological polar surface area (TPSA) is 37.8 Å². The van der Waals surface area contributed by atoms with Crippen molar-refractivity contribution in [1.29, 1.82) is 0 Å². The number of nitrogens with zero attached hydrogens (tertiary/aromatic N) is 2. The first-order chi connectivity index (χ1) is 7.75. The molecule has 1 fully saturated rings. The lowest BCUT2D eigenvalue weighted by molar-refractivity contribution is 0.518. The summed E-state index contributed by atoms with van der Waals surface area (Å²) in [4.78, 5) is 4.47. The molecule has 16 heavy (non-hydrogen) atoms. The molecule has 0 atom stereocenters. The van der Waals surface area contributed by atoms with Crippen molar-refractivity contribution in [2.45, 2.75) is 51.9 Å². The van der Waals surface area contributed by atoms with Crippen LogP contribution in [0.25, 0.3) is 0 Å². The van der Waals surface area contributed by atoms with Crippen LogP contribution in [-0.2, 0) is 0 Å². The zero-order valence-electron chi connectivity index (χ0n) is 10.2. The Labute approximate surface area is 102 Å². The number of rotatable bonds is 5. The van der Waals surface area contributed by atoms with E-state index < -0.39 is 0 Å². The maximum absolute atomic E-state index is 4.47. The summed E-state index contributed by atoms with van der Waals surface area (Å²) >= 11 is 1.49. The largest absolute Gasteiger partial charge is 0.360 e. The second kappa shape index (κ2) is 5.62. The zero-order chi connectivity index (χ0) is 11.4. The molecule has 1 heterocycles. The van der Waals surface area contributed by atoms with Gasteiger partial charge in [0.2, 0.25) is 5.13 Å². The van der Waals surface area contributed by atoms with Crippen molar-refractivity contribution < 1.29 is 0 Å². The molecular weight excluding hydrogens is 218 g/mol. The van der Waals surface area contributed by atoms with Gasteiger partial charge in [-0.1, -0.05) is 39.5 Å². The highest BCUT2D eigenvalue weighted by Gasteiger charge is 2.14. The first-order valence-electron chi connectivity index (χ1n) is 6.33. The van der Waals surface area contributed by atoms with E-state index in [0.29, 0.717) is 5.92 Å². The molecule has 1 aromatic rings. The molecule has 2 rings (SSSR count). The van der Waals surface area contributed by atoms with E-state index in [1.807, 2.05) is 0 Å². The van der Waals surface area contributed by atoms with Crippen molar-refractivity contribution in [3.05, 3.63) is 5.82 Å². The molecule has 1 aliphatic rings. The van der Waals surface area contributed by atoms with Crippen LogP contribution in [-0.4, -0.2) is 15.9 Å². The second-order valence-corrected chi connectivity index (χ2v) is 5.73. The summed E-state index contributed by atoms with van der Waals surface area (Å²) in [6, 6.07) is 0. The van der Waals surface area contributed by atoms with Gasteiger partial charge >= 0.3 is 0 Å². The highest BCUT2D eigenvalue weighted by molar-refractivity contribution is 7.09. The number of hydrogen-bond donors (Lipinski definition) is 1. The van der Waals surface area contributed by atoms with E-state index in [4.69, 9.17) is 0 Å². The molecule has 90 valence electrons. The first kappa shape index (κ1) is 11.8. The summed E-state index contributed by atoms with van der Waals surface area (Å²) < 4.78 is 4.33. The van der Waals surface area contributed by atoms with E-state index >= 15 is 0 Å². The Hall–Kier alpha value is -0.640. The number of hydrogen-bond acceptors (Lipinski definition) is 4. The van der Waals surface area contributed by atoms with Gasteiger partial charge in [-0.05, 0) is 12.3 Å². The highest BCUT2D eigenvalue weighted by Crippen LogP contribution is 2.27. The summed E-state index contributed by atoms with van der Waals surface area (Å²) in [7, 11) is 0. The van der Waals surface area contributed by atoms with E-state index in [2.05, 4.69) is 28.5 Å². The molecule has 4 heteroatoms. The third-order valence-corrected chi connectivity index (χ3v) is 3.95. The number of nitrogens with one attached hydrogen (secondary N) is 1. The second-order valence-electron chi connectivity index (χ2n) is 4.98. The smallest absolute Gasteiger partial charge is 0.202 e. The molecule has 0 aromatic carbocycles. The van der Waals surface area contributed by atoms with Crippen molar-refractivity contribution in [1.82, 2.24) is 9.36 Å². The Morgan fingerprint density at radius 3 is 2.75 bits per heavy atom. The van der Waals surface area contributed by atoms with E-state index in [0.717, 1.165) is 23.4 Å². The Morgan fingerprint density at radius 1 is 1.38 bits per heavy atom. The average molecular weight is 239 g/mol. The van der Waals surface area contributed by atoms with Crippen LogP contribution in [0.1, 0.15) is 57.7 Å². The van der Waals surface area contributed by atoms with Gasteiger partial charge in [0.25, 0.3) is 0 Å². The van der Waals surface area contributed by atoms with Crippen LogP contribution in [0.3, 0.4) is 0 Å². The molecule has 0 bridgehead atoms. The monoisotopic (exact) mass is 239 g/mol. The van der Waals surface area contributed by atoms with Crippen LogP contribution in [0.4, 0.5) is 5.13 Å². The predicted octanol–water partition coefficient (Wildman–Crippen LogP) is 3.65. The highest BCUT2D eigenvalue weighted by atomic mass is 32.1. The fraction of sp³-hybridized carbons (Fsp3) is 0.833. The lowest BCUT2D eigenvalue weighted by Gasteiger charge is -2.08. The molecule has 3 nitrogen and oxygen atoms in total. The predicted molar refractivity (Wildman–Crippen MR) is 69.1 cm³/mol. The van der Waals surface area contributed by atoms with Gasteiger partial charge in [-0.2, -0.15) is 4.37 Å².